The molecule has 0 spiro atoms. The van der Waals surface area contributed by atoms with Crippen LogP contribution in [0.2, 0.25) is 0 Å². The normalized spacial score (nSPS) is 22.7. The third kappa shape index (κ3) is 4.40. The van der Waals surface area contributed by atoms with Gasteiger partial charge in [-0.25, -0.2) is 13.4 Å². The van der Waals surface area contributed by atoms with Gasteiger partial charge in [0.25, 0.3) is 0 Å². The number of benzene rings is 1. The molecule has 144 valence electrons. The third-order valence-electron chi connectivity index (χ3n) is 5.43. The molecule has 7 heteroatoms. The zero-order valence-corrected chi connectivity index (χ0v) is 16.5. The van der Waals surface area contributed by atoms with E-state index in [2.05, 4.69) is 17.1 Å². The molecule has 2 aliphatic heterocycles. The Morgan fingerprint density at radius 1 is 1.07 bits per heavy atom. The highest BCUT2D eigenvalue weighted by molar-refractivity contribution is 7.91. The molecule has 2 fully saturated rings. The van der Waals surface area contributed by atoms with E-state index in [1.807, 2.05) is 36.4 Å². The largest absolute Gasteiger partial charge is 0.366 e. The molecule has 0 amide bonds. The van der Waals surface area contributed by atoms with Crippen molar-refractivity contribution in [3.05, 3.63) is 36.4 Å². The Morgan fingerprint density at radius 2 is 1.81 bits per heavy atom. The summed E-state index contributed by atoms with van der Waals surface area (Å²) in [6.45, 7) is 4.19. The summed E-state index contributed by atoms with van der Waals surface area (Å²) in [7, 11) is -2.93. The Bertz CT molecular complexity index is 893. The Kier molecular flexibility index (Phi) is 5.04. The number of sulfone groups is 1. The van der Waals surface area contributed by atoms with Crippen LogP contribution in [0.3, 0.4) is 0 Å². The van der Waals surface area contributed by atoms with Crippen LogP contribution in [-0.2, 0) is 9.84 Å². The topological polar surface area (TPSA) is 75.2 Å². The van der Waals surface area contributed by atoms with E-state index in [-0.39, 0.29) is 17.5 Å². The highest BCUT2D eigenvalue weighted by Gasteiger charge is 2.28. The Hall–Kier alpha value is -2.15. The van der Waals surface area contributed by atoms with Gasteiger partial charge in [0.1, 0.15) is 5.82 Å². The van der Waals surface area contributed by atoms with Crippen molar-refractivity contribution in [3.63, 3.8) is 0 Å². The van der Waals surface area contributed by atoms with Crippen molar-refractivity contribution < 1.29 is 8.42 Å². The first-order chi connectivity index (χ1) is 13.0. The summed E-state index contributed by atoms with van der Waals surface area (Å²) < 4.78 is 23.6. The molecule has 1 N–H and O–H groups in total. The maximum Gasteiger partial charge on any atom is 0.227 e. The molecule has 2 aromatic rings. The minimum atomic E-state index is -2.93. The van der Waals surface area contributed by atoms with Crippen LogP contribution in [0, 0.1) is 5.92 Å². The quantitative estimate of drug-likeness (QED) is 0.871. The average Bonchev–Trinajstić information content (AvgIpc) is 3.01. The van der Waals surface area contributed by atoms with Crippen LogP contribution in [0.5, 0.6) is 0 Å². The summed E-state index contributed by atoms with van der Waals surface area (Å²) in [5.41, 5.74) is 1.90. The highest BCUT2D eigenvalue weighted by Crippen LogP contribution is 2.27. The predicted molar refractivity (Wildman–Crippen MR) is 109 cm³/mol. The van der Waals surface area contributed by atoms with Crippen LogP contribution in [0.25, 0.3) is 11.3 Å². The molecule has 2 aliphatic rings. The van der Waals surface area contributed by atoms with Gasteiger partial charge in [-0.2, -0.15) is 4.98 Å². The minimum Gasteiger partial charge on any atom is -0.366 e. The minimum absolute atomic E-state index is 0.0808. The van der Waals surface area contributed by atoms with E-state index in [4.69, 9.17) is 9.97 Å². The summed E-state index contributed by atoms with van der Waals surface area (Å²) in [6.07, 6.45) is 2.91. The smallest absolute Gasteiger partial charge is 0.227 e. The molecule has 6 nitrogen and oxygen atoms in total. The van der Waals surface area contributed by atoms with Gasteiger partial charge >= 0.3 is 0 Å². The van der Waals surface area contributed by atoms with Crippen molar-refractivity contribution in [2.75, 3.05) is 34.8 Å². The number of nitrogens with zero attached hydrogens (tertiary/aromatic N) is 3. The number of hydrogen-bond donors (Lipinski definition) is 1. The summed E-state index contributed by atoms with van der Waals surface area (Å²) in [5, 5.41) is 3.34. The van der Waals surface area contributed by atoms with E-state index >= 15 is 0 Å². The van der Waals surface area contributed by atoms with Crippen LogP contribution in [0.15, 0.2) is 36.4 Å². The van der Waals surface area contributed by atoms with E-state index in [0.29, 0.717) is 12.2 Å². The second-order valence-corrected chi connectivity index (χ2v) is 9.95. The molecule has 1 aromatic heterocycles. The van der Waals surface area contributed by atoms with Gasteiger partial charge in [-0.1, -0.05) is 37.3 Å². The number of anilines is 2. The lowest BCUT2D eigenvalue weighted by Crippen LogP contribution is -2.34. The Balaban J connectivity index is 1.64. The van der Waals surface area contributed by atoms with Gasteiger partial charge in [0.2, 0.25) is 5.95 Å². The predicted octanol–water partition coefficient (Wildman–Crippen LogP) is 2.98. The number of rotatable bonds is 4. The van der Waals surface area contributed by atoms with Crippen molar-refractivity contribution in [2.45, 2.75) is 32.2 Å². The maximum absolute atomic E-state index is 11.8. The first-order valence-corrected chi connectivity index (χ1v) is 11.5. The lowest BCUT2D eigenvalue weighted by molar-refractivity contribution is 0.434. The molecule has 1 unspecified atom stereocenters. The molecule has 0 saturated carbocycles. The van der Waals surface area contributed by atoms with Crippen molar-refractivity contribution in [1.29, 1.82) is 0 Å². The molecule has 3 heterocycles. The molecular formula is C20H26N4O2S. The van der Waals surface area contributed by atoms with Crippen LogP contribution >= 0.6 is 0 Å². The van der Waals surface area contributed by atoms with Crippen LogP contribution in [-0.4, -0.2) is 49.0 Å². The average molecular weight is 387 g/mol. The van der Waals surface area contributed by atoms with Crippen LogP contribution < -0.4 is 10.2 Å². The highest BCUT2D eigenvalue weighted by atomic mass is 32.2. The standard InChI is InChI=1S/C20H26N4O2S/c1-15-7-10-24(11-8-15)20-22-18(16-5-3-2-4-6-16)13-19(23-20)21-17-9-12-27(25,26)14-17/h2-6,13,15,17H,7-12,14H2,1H3,(H,21,22,23). The summed E-state index contributed by atoms with van der Waals surface area (Å²) in [4.78, 5) is 11.8. The number of piperidine rings is 1. The fourth-order valence-electron chi connectivity index (χ4n) is 3.73. The molecule has 2 saturated heterocycles. The molecule has 1 atom stereocenters. The molecule has 0 bridgehead atoms. The number of aromatic nitrogens is 2. The molecular weight excluding hydrogens is 360 g/mol. The van der Waals surface area contributed by atoms with Crippen molar-refractivity contribution in [1.82, 2.24) is 9.97 Å². The molecule has 27 heavy (non-hydrogen) atoms. The molecule has 1 aromatic carbocycles. The van der Waals surface area contributed by atoms with Crippen molar-refractivity contribution >= 4 is 21.6 Å². The van der Waals surface area contributed by atoms with Gasteiger partial charge in [-0.05, 0) is 25.2 Å². The van der Waals surface area contributed by atoms with E-state index in [1.165, 1.54) is 0 Å². The molecule has 0 radical (unpaired) electrons. The molecule has 4 rings (SSSR count). The number of nitrogens with one attached hydrogen (secondary N) is 1. The van der Waals surface area contributed by atoms with E-state index in [9.17, 15) is 8.42 Å². The first-order valence-electron chi connectivity index (χ1n) is 9.65. The second kappa shape index (κ2) is 7.46. The third-order valence-corrected chi connectivity index (χ3v) is 7.20. The molecule has 0 aliphatic carbocycles. The second-order valence-electron chi connectivity index (χ2n) is 7.72. The van der Waals surface area contributed by atoms with Gasteiger partial charge in [-0.3, -0.25) is 0 Å². The number of hydrogen-bond acceptors (Lipinski definition) is 6. The fraction of sp³-hybridized carbons (Fsp3) is 0.500. The Morgan fingerprint density at radius 3 is 2.48 bits per heavy atom. The fourth-order valence-corrected chi connectivity index (χ4v) is 5.41. The van der Waals surface area contributed by atoms with Crippen molar-refractivity contribution in [2.24, 2.45) is 5.92 Å². The lowest BCUT2D eigenvalue weighted by atomic mass is 10.00. The lowest BCUT2D eigenvalue weighted by Gasteiger charge is -2.30. The van der Waals surface area contributed by atoms with Gasteiger partial charge in [0.05, 0.1) is 17.2 Å². The van der Waals surface area contributed by atoms with Gasteiger partial charge < -0.3 is 10.2 Å². The van der Waals surface area contributed by atoms with Crippen LogP contribution in [0.4, 0.5) is 11.8 Å². The van der Waals surface area contributed by atoms with Crippen molar-refractivity contribution in [3.8, 4) is 11.3 Å². The zero-order valence-electron chi connectivity index (χ0n) is 15.6. The van der Waals surface area contributed by atoms with Gasteiger partial charge in [-0.15, -0.1) is 0 Å². The van der Waals surface area contributed by atoms with Gasteiger partial charge in [0.15, 0.2) is 9.84 Å². The monoisotopic (exact) mass is 386 g/mol. The summed E-state index contributed by atoms with van der Waals surface area (Å²) in [6, 6.07) is 11.9. The van der Waals surface area contributed by atoms with Crippen LogP contribution in [0.1, 0.15) is 26.2 Å². The van der Waals surface area contributed by atoms with Gasteiger partial charge in [0, 0.05) is 30.8 Å². The summed E-state index contributed by atoms with van der Waals surface area (Å²) >= 11 is 0. The zero-order chi connectivity index (χ0) is 18.9. The Labute approximate surface area is 161 Å². The van der Waals surface area contributed by atoms with E-state index < -0.39 is 9.84 Å². The summed E-state index contributed by atoms with van der Waals surface area (Å²) in [5.74, 6) is 2.60. The maximum atomic E-state index is 11.8. The van der Waals surface area contributed by atoms with E-state index in [1.54, 1.807) is 0 Å². The SMILES string of the molecule is CC1CCN(c2nc(NC3CCS(=O)(=O)C3)cc(-c3ccccc3)n2)CC1. The first kappa shape index (κ1) is 18.2. The van der Waals surface area contributed by atoms with E-state index in [0.717, 1.165) is 49.1 Å².